The summed E-state index contributed by atoms with van der Waals surface area (Å²) in [5, 5.41) is 31.9. The van der Waals surface area contributed by atoms with Gasteiger partial charge in [-0.05, 0) is 0 Å². The number of hydrogen-bond donors (Lipinski definition) is 12. The Bertz CT molecular complexity index is 3410. The molecule has 6 unspecified atom stereocenters. The van der Waals surface area contributed by atoms with E-state index >= 15 is 0 Å². The van der Waals surface area contributed by atoms with E-state index in [1.165, 1.54) is 34.2 Å². The number of phosphoric acid groups is 4. The number of H-pyrrole nitrogens is 2. The van der Waals surface area contributed by atoms with Crippen LogP contribution >= 0.6 is 31.3 Å². The van der Waals surface area contributed by atoms with Crippen molar-refractivity contribution in [2.24, 2.45) is 7.05 Å². The largest absolute Gasteiger partial charge is 0.490 e. The highest BCUT2D eigenvalue weighted by atomic mass is 31.3. The van der Waals surface area contributed by atoms with Gasteiger partial charge in [0.15, 0.2) is 41.4 Å². The molecule has 2 saturated heterocycles. The van der Waals surface area contributed by atoms with Crippen molar-refractivity contribution in [2.75, 3.05) is 64.5 Å². The third kappa shape index (κ3) is 12.3. The lowest BCUT2D eigenvalue weighted by atomic mass is 10.1. The standard InChI is InChI=1S/C33H47N15O24P4/c1-45-12-48(27-19(45)29(53)44-33(36)42-27)16(4-49)67-13(5-62-2)6-64-74(56,57)71-76(60,61)72-75(58,59)66-8-15-22(23(63-3)31(69-15)46-10-39-17-24(34)37-9-38-25(17)46)70-73(54,55)65-7-14-20(50)21(51)30(68-14)47-11-40-18-26(47)41-32(35)43-28(18)52/h9-16,20-23,30-31,49-51H,4-8H2,1-3H3,(H11-,34,35,36,37,38,41,42,43,44,52,53,54,55,56,57,58,59,60,61)/p+1/t13-,14+,15+,16+,20-,21?,22-,23?,30+,31+/m0/s1. The molecular formula is C33H48N15O24P4+. The van der Waals surface area contributed by atoms with E-state index < -0.39 is 137 Å². The van der Waals surface area contributed by atoms with Gasteiger partial charge >= 0.3 is 36.9 Å². The third-order valence-corrected chi connectivity index (χ3v) is 16.4. The van der Waals surface area contributed by atoms with Crippen LogP contribution in [0.4, 0.5) is 17.7 Å². The Balaban J connectivity index is 0.937. The minimum Gasteiger partial charge on any atom is -0.390 e. The second-order valence-corrected chi connectivity index (χ2v) is 22.3. The molecule has 14 atom stereocenters. The number of anilines is 3. The zero-order valence-electron chi connectivity index (χ0n) is 39.2. The number of aryl methyl sites for hydroxylation is 1. The van der Waals surface area contributed by atoms with Crippen LogP contribution in [-0.2, 0) is 75.7 Å². The van der Waals surface area contributed by atoms with Crippen LogP contribution in [0.25, 0.3) is 33.5 Å². The molecule has 76 heavy (non-hydrogen) atoms. The first-order valence-corrected chi connectivity index (χ1v) is 27.4. The summed E-state index contributed by atoms with van der Waals surface area (Å²) < 4.78 is 115. The number of aromatic amines is 2. The Labute approximate surface area is 422 Å². The van der Waals surface area contributed by atoms with Crippen LogP contribution in [0, 0.1) is 0 Å². The van der Waals surface area contributed by atoms with Crippen molar-refractivity contribution in [1.29, 1.82) is 0 Å². The minimum absolute atomic E-state index is 0.0138. The molecule has 0 radical (unpaired) electrons. The van der Waals surface area contributed by atoms with E-state index in [2.05, 4.69) is 48.5 Å². The molecule has 0 aliphatic carbocycles. The molecule has 0 saturated carbocycles. The van der Waals surface area contributed by atoms with Crippen LogP contribution in [0.5, 0.6) is 0 Å². The molecule has 2 fully saturated rings. The van der Waals surface area contributed by atoms with Gasteiger partial charge in [0.2, 0.25) is 17.7 Å². The van der Waals surface area contributed by atoms with Gasteiger partial charge in [0.05, 0.1) is 46.1 Å². The number of ether oxygens (including phenoxy) is 5. The Hall–Kier alpha value is -5.15. The van der Waals surface area contributed by atoms with Gasteiger partial charge in [-0.3, -0.25) is 51.4 Å². The zero-order valence-corrected chi connectivity index (χ0v) is 42.8. The molecular weight excluding hydrogens is 1110 g/mol. The lowest BCUT2D eigenvalue weighted by Crippen LogP contribution is -2.46. The lowest BCUT2D eigenvalue weighted by Gasteiger charge is -2.26. The number of aromatic nitrogens is 12. The second kappa shape index (κ2) is 22.3. The average molecular weight is 1160 g/mol. The summed E-state index contributed by atoms with van der Waals surface area (Å²) in [7, 11) is -19.6. The number of methoxy groups -OCH3 is 2. The van der Waals surface area contributed by atoms with E-state index in [1.807, 2.05) is 0 Å². The van der Waals surface area contributed by atoms with Gasteiger partial charge in [0.25, 0.3) is 17.1 Å². The summed E-state index contributed by atoms with van der Waals surface area (Å²) >= 11 is 0. The maximum atomic E-state index is 13.7. The Morgan fingerprint density at radius 1 is 0.750 bits per heavy atom. The number of fused-ring (bicyclic) bond motifs is 3. The molecule has 0 aromatic carbocycles. The van der Waals surface area contributed by atoms with E-state index in [-0.39, 0.29) is 51.2 Å². The molecule has 2 aliphatic rings. The van der Waals surface area contributed by atoms with Crippen LogP contribution in [0.1, 0.15) is 18.7 Å². The Morgan fingerprint density at radius 3 is 2.05 bits per heavy atom. The highest BCUT2D eigenvalue weighted by Crippen LogP contribution is 2.68. The van der Waals surface area contributed by atoms with Crippen molar-refractivity contribution in [3.05, 3.63) is 46.0 Å². The highest BCUT2D eigenvalue weighted by Gasteiger charge is 2.53. The maximum Gasteiger partial charge on any atom is 0.490 e. The summed E-state index contributed by atoms with van der Waals surface area (Å²) in [6, 6.07) is 0. The van der Waals surface area contributed by atoms with E-state index in [1.54, 1.807) is 0 Å². The van der Waals surface area contributed by atoms with E-state index in [0.29, 0.717) is 0 Å². The number of nitrogens with two attached hydrogens (primary N) is 3. The molecule has 8 rings (SSSR count). The average Bonchev–Trinajstić information content (AvgIpc) is 4.15. The molecule has 2 aliphatic heterocycles. The topological polar surface area (TPSA) is 551 Å². The van der Waals surface area contributed by atoms with Crippen LogP contribution in [0.3, 0.4) is 0 Å². The molecule has 43 heteroatoms. The first-order chi connectivity index (χ1) is 35.7. The molecule has 8 heterocycles. The normalized spacial score (nSPS) is 26.1. The lowest BCUT2D eigenvalue weighted by molar-refractivity contribution is -0.746. The number of imidazole rings is 3. The number of nitrogens with zero attached hydrogens (tertiary/aromatic N) is 10. The van der Waals surface area contributed by atoms with Gasteiger partial charge in [-0.1, -0.05) is 4.98 Å². The fourth-order valence-corrected chi connectivity index (χ4v) is 12.5. The van der Waals surface area contributed by atoms with Crippen molar-refractivity contribution in [2.45, 2.75) is 61.4 Å². The molecule has 39 nitrogen and oxygen atoms in total. The minimum atomic E-state index is -6.17. The van der Waals surface area contributed by atoms with Crippen LogP contribution in [0.2, 0.25) is 0 Å². The monoisotopic (exact) mass is 1160 g/mol. The zero-order chi connectivity index (χ0) is 55.2. The maximum absolute atomic E-state index is 13.7. The number of rotatable bonds is 24. The number of aliphatic hydroxyl groups is 3. The predicted octanol–water partition coefficient (Wildman–Crippen LogP) is -3.81. The van der Waals surface area contributed by atoms with Gasteiger partial charge < -0.3 is 75.8 Å². The van der Waals surface area contributed by atoms with Gasteiger partial charge in [-0.2, -0.15) is 13.6 Å². The fraction of sp³-hybridized carbons (Fsp3) is 0.545. The number of aliphatic hydroxyl groups excluding tert-OH is 3. The van der Waals surface area contributed by atoms with Crippen LogP contribution < -0.4 is 32.9 Å². The summed E-state index contributed by atoms with van der Waals surface area (Å²) in [4.78, 5) is 96.0. The molecule has 0 spiro atoms. The predicted molar refractivity (Wildman–Crippen MR) is 246 cm³/mol. The van der Waals surface area contributed by atoms with Crippen molar-refractivity contribution in [3.63, 3.8) is 0 Å². The van der Waals surface area contributed by atoms with Crippen molar-refractivity contribution < 1.29 is 108 Å². The number of hydrogen-bond acceptors (Lipinski definition) is 29. The van der Waals surface area contributed by atoms with E-state index in [9.17, 15) is 62.7 Å². The first kappa shape index (κ1) is 57.0. The molecule has 6 aromatic heterocycles. The fourth-order valence-electron chi connectivity index (χ4n) is 7.96. The van der Waals surface area contributed by atoms with Crippen molar-refractivity contribution in [1.82, 2.24) is 53.6 Å². The highest BCUT2D eigenvalue weighted by molar-refractivity contribution is 7.66. The van der Waals surface area contributed by atoms with Crippen LogP contribution in [-0.4, -0.2) is 178 Å². The molecule has 6 aromatic rings. The van der Waals surface area contributed by atoms with Crippen molar-refractivity contribution >= 4 is 82.5 Å². The van der Waals surface area contributed by atoms with Gasteiger partial charge in [-0.15, -0.1) is 0 Å². The summed E-state index contributed by atoms with van der Waals surface area (Å²) in [6.45, 7) is -4.43. The summed E-state index contributed by atoms with van der Waals surface area (Å²) in [5.41, 5.74) is 15.6. The molecule has 418 valence electrons. The third-order valence-electron chi connectivity index (χ3n) is 11.1. The number of nitrogen functional groups attached to an aromatic ring is 3. The summed E-state index contributed by atoms with van der Waals surface area (Å²) in [5.74, 6) is -0.674. The molecule has 0 bridgehead atoms. The number of phosphoric ester groups is 3. The molecule has 15 N–H and O–H groups in total. The van der Waals surface area contributed by atoms with E-state index in [4.69, 9.17) is 59.0 Å². The smallest absolute Gasteiger partial charge is 0.390 e. The van der Waals surface area contributed by atoms with Gasteiger partial charge in [0, 0.05) is 14.2 Å². The van der Waals surface area contributed by atoms with Gasteiger partial charge in [0.1, 0.15) is 61.2 Å². The second-order valence-electron chi connectivity index (χ2n) is 16.3. The van der Waals surface area contributed by atoms with Crippen LogP contribution in [0.15, 0.2) is 34.9 Å². The Morgan fingerprint density at radius 2 is 1.37 bits per heavy atom. The SMILES string of the molecule is COC[C@@H](COP(=O)(O)OP(=O)(O)OP(=O)(O)OC[C@H]1O[C@@H](n2cnc3c(N)ncnc32)C(OC)[C@H]1OP(=O)(O)OC[C@H]1O[C@@H](n2cnc3c(=O)[nH]c(N)nc32)C(O)[C@H]1O)O[C@H](CO)[n+]1cn(C)c2c(=O)[nH]c(N)nc21. The Kier molecular flexibility index (Phi) is 16.7. The molecule has 0 amide bonds. The number of nitrogens with one attached hydrogen (secondary N) is 2. The quantitative estimate of drug-likeness (QED) is 0.0204. The van der Waals surface area contributed by atoms with Crippen molar-refractivity contribution in [3.8, 4) is 0 Å². The van der Waals surface area contributed by atoms with E-state index in [0.717, 1.165) is 30.7 Å². The first-order valence-electron chi connectivity index (χ1n) is 21.5. The van der Waals surface area contributed by atoms with Gasteiger partial charge in [-0.25, -0.2) is 42.8 Å². The summed E-state index contributed by atoms with van der Waals surface area (Å²) in [6.07, 6.45) is -11.6.